The van der Waals surface area contributed by atoms with Crippen LogP contribution < -0.4 is 0 Å². The lowest BCUT2D eigenvalue weighted by molar-refractivity contribution is 0.626. The molecule has 3 aromatic rings. The lowest BCUT2D eigenvalue weighted by atomic mass is 10.1. The molecule has 5 heteroatoms. The number of aryl methyl sites for hydroxylation is 1. The first-order valence-corrected chi connectivity index (χ1v) is 11.0. The van der Waals surface area contributed by atoms with Crippen LogP contribution in [-0.4, -0.2) is 5.71 Å². The highest BCUT2D eigenvalue weighted by molar-refractivity contribution is 14.1. The summed E-state index contributed by atoms with van der Waals surface area (Å²) in [5.74, 6) is -0.228. The molecule has 27 heavy (non-hydrogen) atoms. The number of hydrogen-bond donors (Lipinski definition) is 0. The van der Waals surface area contributed by atoms with Crippen LogP contribution >= 0.6 is 50.3 Å². The second-order valence-electron chi connectivity index (χ2n) is 5.84. The molecule has 0 aliphatic rings. The van der Waals surface area contributed by atoms with Crippen molar-refractivity contribution in [3.05, 3.63) is 103 Å². The minimum atomic E-state index is -0.228. The van der Waals surface area contributed by atoms with Crippen LogP contribution in [0, 0.1) is 12.7 Å². The topological polar surface area (TPSA) is 12.4 Å². The SMILES string of the molecule is Cc1ccc(N=C(C(I)=CSc2ccc(F)cc2)c2cccc(Br)c2)cc1. The van der Waals surface area contributed by atoms with Crippen LogP contribution in [0.25, 0.3) is 0 Å². The average molecular weight is 552 g/mol. The standard InChI is InChI=1S/C22H16BrFINS/c1-15-5-9-19(10-6-15)26-22(16-3-2-4-17(23)13-16)21(25)14-27-20-11-7-18(24)8-12-20/h2-14H,1H3. The van der Waals surface area contributed by atoms with Gasteiger partial charge in [0.1, 0.15) is 5.82 Å². The molecule has 3 aromatic carbocycles. The Kier molecular flexibility index (Phi) is 7.26. The van der Waals surface area contributed by atoms with Crippen molar-refractivity contribution in [2.45, 2.75) is 11.8 Å². The molecule has 0 atom stereocenters. The van der Waals surface area contributed by atoms with Crippen LogP contribution in [0.1, 0.15) is 11.1 Å². The molecule has 136 valence electrons. The number of thioether (sulfide) groups is 1. The number of nitrogens with zero attached hydrogens (tertiary/aromatic N) is 1. The first kappa shape index (κ1) is 20.3. The molecule has 0 aliphatic carbocycles. The van der Waals surface area contributed by atoms with E-state index in [1.54, 1.807) is 23.9 Å². The number of hydrogen-bond acceptors (Lipinski definition) is 2. The van der Waals surface area contributed by atoms with Gasteiger partial charge in [-0.15, -0.1) is 0 Å². The monoisotopic (exact) mass is 551 g/mol. The number of benzene rings is 3. The molecule has 3 rings (SSSR count). The highest BCUT2D eigenvalue weighted by atomic mass is 127. The predicted octanol–water partition coefficient (Wildman–Crippen LogP) is 8.09. The van der Waals surface area contributed by atoms with Crippen molar-refractivity contribution in [2.24, 2.45) is 4.99 Å². The Morgan fingerprint density at radius 1 is 1.04 bits per heavy atom. The van der Waals surface area contributed by atoms with Crippen LogP contribution in [-0.2, 0) is 0 Å². The van der Waals surface area contributed by atoms with E-state index in [0.717, 1.165) is 29.9 Å². The Balaban J connectivity index is 1.96. The fourth-order valence-electron chi connectivity index (χ4n) is 2.33. The van der Waals surface area contributed by atoms with Crippen LogP contribution in [0.4, 0.5) is 10.1 Å². The molecule has 0 spiro atoms. The van der Waals surface area contributed by atoms with Crippen molar-refractivity contribution in [3.63, 3.8) is 0 Å². The molecule has 0 amide bonds. The molecular weight excluding hydrogens is 536 g/mol. The number of aliphatic imine (C=N–C) groups is 1. The summed E-state index contributed by atoms with van der Waals surface area (Å²) in [6, 6.07) is 22.7. The third-order valence-electron chi connectivity index (χ3n) is 3.71. The van der Waals surface area contributed by atoms with Gasteiger partial charge in [0.2, 0.25) is 0 Å². The quantitative estimate of drug-likeness (QED) is 0.177. The summed E-state index contributed by atoms with van der Waals surface area (Å²) in [6.45, 7) is 2.06. The van der Waals surface area contributed by atoms with Gasteiger partial charge in [0.05, 0.1) is 11.4 Å². The zero-order valence-electron chi connectivity index (χ0n) is 14.5. The maximum atomic E-state index is 13.1. The molecule has 0 N–H and O–H groups in total. The summed E-state index contributed by atoms with van der Waals surface area (Å²) < 4.78 is 15.1. The minimum Gasteiger partial charge on any atom is -0.247 e. The summed E-state index contributed by atoms with van der Waals surface area (Å²) in [5, 5.41) is 2.04. The van der Waals surface area contributed by atoms with E-state index in [1.807, 2.05) is 35.7 Å². The first-order chi connectivity index (χ1) is 13.0. The summed E-state index contributed by atoms with van der Waals surface area (Å²) in [4.78, 5) is 5.87. The van der Waals surface area contributed by atoms with Crippen molar-refractivity contribution >= 4 is 61.7 Å². The minimum absolute atomic E-state index is 0.228. The molecule has 0 bridgehead atoms. The van der Waals surface area contributed by atoms with Gasteiger partial charge in [0.15, 0.2) is 0 Å². The van der Waals surface area contributed by atoms with E-state index in [-0.39, 0.29) is 5.82 Å². The zero-order valence-corrected chi connectivity index (χ0v) is 19.1. The zero-order chi connectivity index (χ0) is 19.2. The van der Waals surface area contributed by atoms with Crippen LogP contribution in [0.5, 0.6) is 0 Å². The van der Waals surface area contributed by atoms with Crippen molar-refractivity contribution in [1.29, 1.82) is 0 Å². The van der Waals surface area contributed by atoms with Gasteiger partial charge in [-0.25, -0.2) is 9.38 Å². The first-order valence-electron chi connectivity index (χ1n) is 8.21. The Morgan fingerprint density at radius 2 is 1.74 bits per heavy atom. The van der Waals surface area contributed by atoms with E-state index in [2.05, 4.69) is 63.6 Å². The molecule has 0 unspecified atom stereocenters. The summed E-state index contributed by atoms with van der Waals surface area (Å²) in [5.41, 5.74) is 4.04. The van der Waals surface area contributed by atoms with E-state index >= 15 is 0 Å². The normalized spacial score (nSPS) is 12.3. The maximum absolute atomic E-state index is 13.1. The number of rotatable bonds is 5. The van der Waals surface area contributed by atoms with E-state index in [4.69, 9.17) is 4.99 Å². The van der Waals surface area contributed by atoms with Crippen LogP contribution in [0.3, 0.4) is 0 Å². The Hall–Kier alpha value is -1.44. The summed E-state index contributed by atoms with van der Waals surface area (Å²) >= 11 is 7.39. The molecule has 1 nitrogen and oxygen atoms in total. The van der Waals surface area contributed by atoms with E-state index in [1.165, 1.54) is 17.7 Å². The average Bonchev–Trinajstić information content (AvgIpc) is 2.67. The fraction of sp³-hybridized carbons (Fsp3) is 0.0455. The molecule has 0 saturated heterocycles. The lowest BCUT2D eigenvalue weighted by Gasteiger charge is -2.08. The van der Waals surface area contributed by atoms with Crippen molar-refractivity contribution in [1.82, 2.24) is 0 Å². The predicted molar refractivity (Wildman–Crippen MR) is 126 cm³/mol. The van der Waals surface area contributed by atoms with Crippen molar-refractivity contribution in [3.8, 4) is 0 Å². The van der Waals surface area contributed by atoms with Gasteiger partial charge in [-0.05, 0) is 83.5 Å². The number of allylic oxidation sites excluding steroid dienone is 1. The fourth-order valence-corrected chi connectivity index (χ4v) is 4.19. The van der Waals surface area contributed by atoms with Gasteiger partial charge in [0, 0.05) is 18.5 Å². The largest absolute Gasteiger partial charge is 0.247 e. The molecule has 0 radical (unpaired) electrons. The van der Waals surface area contributed by atoms with Crippen LogP contribution in [0.15, 0.2) is 96.1 Å². The second kappa shape index (κ2) is 9.66. The van der Waals surface area contributed by atoms with Crippen molar-refractivity contribution < 1.29 is 4.39 Å². The van der Waals surface area contributed by atoms with Gasteiger partial charge in [0.25, 0.3) is 0 Å². The van der Waals surface area contributed by atoms with Gasteiger partial charge in [-0.1, -0.05) is 57.5 Å². The Morgan fingerprint density at radius 3 is 2.41 bits per heavy atom. The third-order valence-corrected chi connectivity index (χ3v) is 6.35. The molecule has 0 saturated carbocycles. The van der Waals surface area contributed by atoms with E-state index < -0.39 is 0 Å². The van der Waals surface area contributed by atoms with Crippen LogP contribution in [0.2, 0.25) is 0 Å². The van der Waals surface area contributed by atoms with E-state index in [0.29, 0.717) is 0 Å². The molecule has 0 heterocycles. The highest BCUT2D eigenvalue weighted by Gasteiger charge is 2.09. The van der Waals surface area contributed by atoms with Gasteiger partial charge < -0.3 is 0 Å². The van der Waals surface area contributed by atoms with E-state index in [9.17, 15) is 4.39 Å². The molecular formula is C22H16BrFINS. The molecule has 0 aliphatic heterocycles. The van der Waals surface area contributed by atoms with Gasteiger partial charge >= 0.3 is 0 Å². The number of halogens is 3. The summed E-state index contributed by atoms with van der Waals surface area (Å²) in [7, 11) is 0. The van der Waals surface area contributed by atoms with Gasteiger partial charge in [-0.3, -0.25) is 0 Å². The smallest absolute Gasteiger partial charge is 0.123 e. The van der Waals surface area contributed by atoms with Gasteiger partial charge in [-0.2, -0.15) is 0 Å². The Labute approximate surface area is 185 Å². The second-order valence-corrected chi connectivity index (χ2v) is 8.86. The molecule has 0 fully saturated rings. The molecule has 0 aromatic heterocycles. The lowest BCUT2D eigenvalue weighted by Crippen LogP contribution is -2.00. The summed E-state index contributed by atoms with van der Waals surface area (Å²) in [6.07, 6.45) is 0. The third kappa shape index (κ3) is 6.02. The Bertz CT molecular complexity index is 982. The van der Waals surface area contributed by atoms with Crippen molar-refractivity contribution in [2.75, 3.05) is 0 Å². The maximum Gasteiger partial charge on any atom is 0.123 e. The highest BCUT2D eigenvalue weighted by Crippen LogP contribution is 2.28.